The van der Waals surface area contributed by atoms with E-state index in [1.54, 1.807) is 21.3 Å². The van der Waals surface area contributed by atoms with Gasteiger partial charge in [0.15, 0.2) is 11.5 Å². The largest absolute Gasteiger partial charge is 0.493 e. The number of benzene rings is 2. The van der Waals surface area contributed by atoms with E-state index in [-0.39, 0.29) is 11.9 Å². The van der Waals surface area contributed by atoms with E-state index in [0.717, 1.165) is 18.7 Å². The molecule has 0 saturated carbocycles. The van der Waals surface area contributed by atoms with Gasteiger partial charge < -0.3 is 19.5 Å². The second-order valence-corrected chi connectivity index (χ2v) is 7.97. The number of nitrogens with zero attached hydrogens (tertiary/aromatic N) is 1. The molecule has 1 unspecified atom stereocenters. The molecule has 6 heteroatoms. The molecule has 1 N–H and O–H groups in total. The summed E-state index contributed by atoms with van der Waals surface area (Å²) in [5, 5.41) is 3.15. The fourth-order valence-corrected chi connectivity index (χ4v) is 4.21. The molecule has 2 aromatic rings. The highest BCUT2D eigenvalue weighted by molar-refractivity contribution is 5.76. The number of hydrogen-bond donors (Lipinski definition) is 1. The number of carbonyl (C=O) groups excluding carboxylic acids is 1. The summed E-state index contributed by atoms with van der Waals surface area (Å²) in [6.07, 6.45) is 3.38. The summed E-state index contributed by atoms with van der Waals surface area (Å²) in [5.74, 6) is 1.81. The molecule has 0 bridgehead atoms. The summed E-state index contributed by atoms with van der Waals surface area (Å²) in [5.41, 5.74) is 3.43. The van der Waals surface area contributed by atoms with E-state index in [4.69, 9.17) is 14.2 Å². The zero-order valence-corrected chi connectivity index (χ0v) is 19.1. The minimum absolute atomic E-state index is 0.0353. The van der Waals surface area contributed by atoms with Crippen molar-refractivity contribution < 1.29 is 19.0 Å². The molecule has 1 saturated heterocycles. The van der Waals surface area contributed by atoms with Crippen LogP contribution >= 0.6 is 0 Å². The van der Waals surface area contributed by atoms with Crippen LogP contribution in [-0.2, 0) is 11.2 Å². The van der Waals surface area contributed by atoms with E-state index >= 15 is 0 Å². The van der Waals surface area contributed by atoms with Crippen LogP contribution in [0.3, 0.4) is 0 Å². The molecule has 1 amide bonds. The summed E-state index contributed by atoms with van der Waals surface area (Å²) < 4.78 is 16.3. The predicted octanol–water partition coefficient (Wildman–Crippen LogP) is 3.91. The first-order valence-corrected chi connectivity index (χ1v) is 10.9. The van der Waals surface area contributed by atoms with E-state index in [1.807, 2.05) is 12.1 Å². The highest BCUT2D eigenvalue weighted by Gasteiger charge is 2.24. The number of methoxy groups -OCH3 is 3. The first kappa shape index (κ1) is 22.9. The van der Waals surface area contributed by atoms with Gasteiger partial charge in [0.25, 0.3) is 0 Å². The van der Waals surface area contributed by atoms with E-state index in [9.17, 15) is 4.79 Å². The maximum Gasteiger partial charge on any atom is 0.220 e. The van der Waals surface area contributed by atoms with Gasteiger partial charge in [0.1, 0.15) is 0 Å². The van der Waals surface area contributed by atoms with Crippen molar-refractivity contribution in [3.63, 3.8) is 0 Å². The SMILES string of the molecule is COc1ccc(CCC(=O)NCC(c2ccc(C)cc2)N2CCCC2)c(OC)c1OC. The monoisotopic (exact) mass is 426 g/mol. The molecule has 168 valence electrons. The second kappa shape index (κ2) is 11.0. The van der Waals surface area contributed by atoms with Crippen molar-refractivity contribution in [2.45, 2.75) is 38.6 Å². The Hall–Kier alpha value is -2.73. The van der Waals surface area contributed by atoms with E-state index in [2.05, 4.69) is 41.4 Å². The molecule has 0 radical (unpaired) electrons. The minimum atomic E-state index is 0.0353. The van der Waals surface area contributed by atoms with Crippen LogP contribution in [0.25, 0.3) is 0 Å². The van der Waals surface area contributed by atoms with Crippen LogP contribution in [0.2, 0.25) is 0 Å². The average Bonchev–Trinajstić information content (AvgIpc) is 3.32. The molecule has 1 heterocycles. The van der Waals surface area contributed by atoms with Crippen molar-refractivity contribution in [3.8, 4) is 17.2 Å². The lowest BCUT2D eigenvalue weighted by molar-refractivity contribution is -0.121. The molecule has 0 aliphatic carbocycles. The number of aryl methyl sites for hydroxylation is 2. The smallest absolute Gasteiger partial charge is 0.220 e. The molecule has 1 atom stereocenters. The van der Waals surface area contributed by atoms with Crippen LogP contribution in [0.15, 0.2) is 36.4 Å². The predicted molar refractivity (Wildman–Crippen MR) is 122 cm³/mol. The zero-order chi connectivity index (χ0) is 22.2. The van der Waals surface area contributed by atoms with Crippen LogP contribution in [0.4, 0.5) is 0 Å². The normalized spacial score (nSPS) is 14.8. The van der Waals surface area contributed by atoms with Crippen molar-refractivity contribution in [2.24, 2.45) is 0 Å². The molecule has 6 nitrogen and oxygen atoms in total. The molecular weight excluding hydrogens is 392 g/mol. The van der Waals surface area contributed by atoms with Crippen LogP contribution in [0.5, 0.6) is 17.2 Å². The number of hydrogen-bond acceptors (Lipinski definition) is 5. The van der Waals surface area contributed by atoms with Gasteiger partial charge in [-0.05, 0) is 56.5 Å². The van der Waals surface area contributed by atoms with E-state index in [1.165, 1.54) is 24.0 Å². The van der Waals surface area contributed by atoms with E-state index < -0.39 is 0 Å². The van der Waals surface area contributed by atoms with Gasteiger partial charge in [-0.2, -0.15) is 0 Å². The topological polar surface area (TPSA) is 60.0 Å². The third-order valence-electron chi connectivity index (χ3n) is 5.94. The summed E-state index contributed by atoms with van der Waals surface area (Å²) in [7, 11) is 4.78. The van der Waals surface area contributed by atoms with Crippen molar-refractivity contribution in [2.75, 3.05) is 41.0 Å². The van der Waals surface area contributed by atoms with Crippen molar-refractivity contribution in [1.82, 2.24) is 10.2 Å². The molecule has 0 aromatic heterocycles. The van der Waals surface area contributed by atoms with Gasteiger partial charge in [-0.3, -0.25) is 9.69 Å². The van der Waals surface area contributed by atoms with Crippen molar-refractivity contribution in [3.05, 3.63) is 53.1 Å². The van der Waals surface area contributed by atoms with Gasteiger partial charge in [-0.1, -0.05) is 35.9 Å². The maximum atomic E-state index is 12.7. The molecule has 1 aliphatic heterocycles. The zero-order valence-electron chi connectivity index (χ0n) is 19.1. The Morgan fingerprint density at radius 1 is 0.968 bits per heavy atom. The standard InChI is InChI=1S/C25H34N2O4/c1-18-7-9-19(10-8-18)21(27-15-5-6-16-27)17-26-23(28)14-12-20-11-13-22(29-2)25(31-4)24(20)30-3/h7-11,13,21H,5-6,12,14-17H2,1-4H3,(H,26,28). The number of amides is 1. The highest BCUT2D eigenvalue weighted by atomic mass is 16.5. The van der Waals surface area contributed by atoms with E-state index in [0.29, 0.717) is 36.6 Å². The lowest BCUT2D eigenvalue weighted by Gasteiger charge is -2.28. The van der Waals surface area contributed by atoms with Crippen molar-refractivity contribution >= 4 is 5.91 Å². The summed E-state index contributed by atoms with van der Waals surface area (Å²) in [6, 6.07) is 12.6. The van der Waals surface area contributed by atoms with Crippen LogP contribution < -0.4 is 19.5 Å². The Morgan fingerprint density at radius 3 is 2.26 bits per heavy atom. The number of likely N-dealkylation sites (tertiary alicyclic amines) is 1. The number of ether oxygens (including phenoxy) is 3. The lowest BCUT2D eigenvalue weighted by atomic mass is 10.0. The van der Waals surface area contributed by atoms with Gasteiger partial charge in [0.05, 0.1) is 27.4 Å². The Kier molecular flexibility index (Phi) is 8.18. The first-order valence-electron chi connectivity index (χ1n) is 10.9. The Balaban J connectivity index is 1.62. The fourth-order valence-electron chi connectivity index (χ4n) is 4.21. The number of rotatable bonds is 10. The molecule has 0 spiro atoms. The highest BCUT2D eigenvalue weighted by Crippen LogP contribution is 2.40. The van der Waals surface area contributed by atoms with Crippen molar-refractivity contribution in [1.29, 1.82) is 0 Å². The molecule has 1 aliphatic rings. The van der Waals surface area contributed by atoms with Crippen LogP contribution in [0.1, 0.15) is 42.0 Å². The summed E-state index contributed by atoms with van der Waals surface area (Å²) in [4.78, 5) is 15.1. The van der Waals surface area contributed by atoms with Gasteiger partial charge in [-0.15, -0.1) is 0 Å². The third kappa shape index (κ3) is 5.70. The molecule has 3 rings (SSSR count). The fraction of sp³-hybridized carbons (Fsp3) is 0.480. The molecular formula is C25H34N2O4. The molecule has 1 fully saturated rings. The second-order valence-electron chi connectivity index (χ2n) is 7.97. The Labute approximate surface area is 185 Å². The number of carbonyl (C=O) groups is 1. The summed E-state index contributed by atoms with van der Waals surface area (Å²) >= 11 is 0. The quantitative estimate of drug-likeness (QED) is 0.624. The molecule has 31 heavy (non-hydrogen) atoms. The van der Waals surface area contributed by atoms with Crippen LogP contribution in [0, 0.1) is 6.92 Å². The third-order valence-corrected chi connectivity index (χ3v) is 5.94. The van der Waals surface area contributed by atoms with Gasteiger partial charge in [0, 0.05) is 13.0 Å². The average molecular weight is 427 g/mol. The Bertz CT molecular complexity index is 861. The Morgan fingerprint density at radius 2 is 1.65 bits per heavy atom. The van der Waals surface area contributed by atoms with Gasteiger partial charge >= 0.3 is 0 Å². The maximum absolute atomic E-state index is 12.7. The number of nitrogens with one attached hydrogen (secondary N) is 1. The van der Waals surface area contributed by atoms with Gasteiger partial charge in [0.2, 0.25) is 11.7 Å². The first-order chi connectivity index (χ1) is 15.1. The molecule has 2 aromatic carbocycles. The lowest BCUT2D eigenvalue weighted by Crippen LogP contribution is -2.36. The minimum Gasteiger partial charge on any atom is -0.493 e. The van der Waals surface area contributed by atoms with Gasteiger partial charge in [-0.25, -0.2) is 0 Å². The summed E-state index contributed by atoms with van der Waals surface area (Å²) in [6.45, 7) is 4.87. The van der Waals surface area contributed by atoms with Crippen LogP contribution in [-0.4, -0.2) is 51.8 Å².